The van der Waals surface area contributed by atoms with E-state index in [0.717, 1.165) is 36.5 Å². The molecule has 11 nitrogen and oxygen atoms in total. The monoisotopic (exact) mass is 802 g/mol. The number of phenolic OH excluding ortho intramolecular Hbond substituents is 1. The minimum atomic E-state index is -3.10. The van der Waals surface area contributed by atoms with Crippen molar-refractivity contribution < 1.29 is 41.8 Å². The number of nitrogens with one attached hydrogen (secondary N) is 1. The normalized spacial score (nSPS) is 24.5. The minimum Gasteiger partial charge on any atom is -0.508 e. The van der Waals surface area contributed by atoms with Crippen molar-refractivity contribution in [3.8, 4) is 5.75 Å². The highest BCUT2D eigenvalue weighted by atomic mass is 19.3. The van der Waals surface area contributed by atoms with Gasteiger partial charge in [-0.25, -0.2) is 17.6 Å². The first-order valence-corrected chi connectivity index (χ1v) is 20.0. The Morgan fingerprint density at radius 2 is 1.62 bits per heavy atom. The Balaban J connectivity index is 0.806. The first-order valence-electron chi connectivity index (χ1n) is 20.0. The maximum atomic E-state index is 16.1. The van der Waals surface area contributed by atoms with E-state index in [-0.39, 0.29) is 47.4 Å². The number of carbonyl (C=O) groups excluding carboxylic acids is 4. The van der Waals surface area contributed by atoms with Gasteiger partial charge in [-0.3, -0.25) is 34.3 Å². The quantitative estimate of drug-likeness (QED) is 0.257. The average molecular weight is 803 g/mol. The lowest BCUT2D eigenvalue weighted by Crippen LogP contribution is -2.61. The van der Waals surface area contributed by atoms with E-state index in [2.05, 4.69) is 10.2 Å². The number of nitrogens with zero attached hydrogens (tertiary/aromatic N) is 5. The van der Waals surface area contributed by atoms with Crippen molar-refractivity contribution in [1.82, 2.24) is 24.9 Å². The zero-order valence-electron chi connectivity index (χ0n) is 32.5. The van der Waals surface area contributed by atoms with E-state index >= 15 is 8.78 Å². The van der Waals surface area contributed by atoms with Crippen LogP contribution in [0.25, 0.3) is 0 Å². The van der Waals surface area contributed by atoms with Crippen molar-refractivity contribution in [2.45, 2.75) is 89.6 Å². The number of fused-ring (bicyclic) bond motifs is 3. The lowest BCUT2D eigenvalue weighted by Gasteiger charge is -2.55. The number of amides is 4. The molecule has 1 unspecified atom stereocenters. The van der Waals surface area contributed by atoms with Crippen LogP contribution in [0.4, 0.5) is 23.2 Å². The molecule has 4 amide bonds. The molecule has 1 spiro atoms. The van der Waals surface area contributed by atoms with Gasteiger partial charge in [0.1, 0.15) is 23.4 Å². The molecule has 3 saturated heterocycles. The second-order valence-corrected chi connectivity index (χ2v) is 17.5. The van der Waals surface area contributed by atoms with Crippen molar-refractivity contribution in [1.29, 1.82) is 0 Å². The van der Waals surface area contributed by atoms with E-state index in [1.807, 2.05) is 21.9 Å². The number of carbonyl (C=O) groups is 4. The number of hydrogen-bond donors (Lipinski definition) is 2. The van der Waals surface area contributed by atoms with Gasteiger partial charge < -0.3 is 19.8 Å². The van der Waals surface area contributed by atoms with Crippen LogP contribution in [0.15, 0.2) is 42.5 Å². The zero-order chi connectivity index (χ0) is 40.8. The molecule has 9 rings (SSSR count). The molecular weight excluding hydrogens is 757 g/mol. The summed E-state index contributed by atoms with van der Waals surface area (Å²) in [7, 11) is 0. The van der Waals surface area contributed by atoms with Crippen molar-refractivity contribution >= 4 is 29.3 Å². The molecule has 3 atom stereocenters. The van der Waals surface area contributed by atoms with Gasteiger partial charge in [0, 0.05) is 87.4 Å². The molecule has 0 saturated carbocycles. The second kappa shape index (κ2) is 14.1. The summed E-state index contributed by atoms with van der Waals surface area (Å²) in [6.07, 6.45) is 2.36. The van der Waals surface area contributed by atoms with Gasteiger partial charge >= 0.3 is 0 Å². The lowest BCUT2D eigenvalue weighted by molar-refractivity contribution is -0.137. The highest BCUT2D eigenvalue weighted by molar-refractivity contribution is 6.05. The maximum Gasteiger partial charge on any atom is 0.257 e. The standard InChI is InChI=1S/C43H46F4N6O5/c1-24-11-25-13-30(54)3-4-31(25)39(53(24)21-42(2,46)47)38-33(44)15-29(16-34(38)45)51-22-43(23-51)7-9-50(10-8-43)37(56)20-49-17-26-12-28-19-52(35-5-6-36(55)48-40(35)57)41(58)32(28)14-27(26)18-49/h3-4,12-16,24,35,39,54H,5-11,17-23H2,1-2H3,(H,48,55,57)/t24-,35?,39+/m1/s1. The second-order valence-electron chi connectivity index (χ2n) is 17.5. The number of rotatable bonds is 7. The number of likely N-dealkylation sites (tertiary alicyclic amines) is 1. The Bertz CT molecular complexity index is 2210. The first kappa shape index (κ1) is 38.5. The van der Waals surface area contributed by atoms with Gasteiger partial charge in [-0.2, -0.15) is 0 Å². The molecule has 2 N–H and O–H groups in total. The Morgan fingerprint density at radius 3 is 2.29 bits per heavy atom. The molecule has 3 aromatic carbocycles. The summed E-state index contributed by atoms with van der Waals surface area (Å²) in [5.74, 6) is -5.69. The molecule has 6 aliphatic rings. The minimum absolute atomic E-state index is 0.000976. The fourth-order valence-corrected chi connectivity index (χ4v) is 10.2. The van der Waals surface area contributed by atoms with Crippen molar-refractivity contribution in [3.05, 3.63) is 93.0 Å². The number of phenols is 1. The molecule has 3 fully saturated rings. The van der Waals surface area contributed by atoms with E-state index in [9.17, 15) is 33.1 Å². The average Bonchev–Trinajstić information content (AvgIpc) is 3.68. The van der Waals surface area contributed by atoms with Gasteiger partial charge in [-0.05, 0) is 90.8 Å². The summed E-state index contributed by atoms with van der Waals surface area (Å²) in [5.41, 5.74) is 4.60. The van der Waals surface area contributed by atoms with Crippen LogP contribution in [-0.4, -0.2) is 106 Å². The SMILES string of the molecule is C[C@@H]1Cc2cc(O)ccc2[C@@H](c2c(F)cc(N3CC4(CCN(C(=O)CN5Cc6cc7c(cc6C5)C(=O)N(C5CCC(=O)NC5=O)C7)CC4)C3)cc2F)N1CC(C)(F)F. The van der Waals surface area contributed by atoms with Gasteiger partial charge in [-0.1, -0.05) is 12.1 Å². The number of aromatic hydroxyl groups is 1. The van der Waals surface area contributed by atoms with E-state index in [4.69, 9.17) is 0 Å². The summed E-state index contributed by atoms with van der Waals surface area (Å²) in [6, 6.07) is 8.74. The van der Waals surface area contributed by atoms with Gasteiger partial charge in [0.2, 0.25) is 17.7 Å². The van der Waals surface area contributed by atoms with Crippen molar-refractivity contribution in [2.75, 3.05) is 44.2 Å². The molecule has 0 aromatic heterocycles. The first-order chi connectivity index (χ1) is 27.5. The van der Waals surface area contributed by atoms with Crippen molar-refractivity contribution in [2.24, 2.45) is 5.41 Å². The molecule has 0 radical (unpaired) electrons. The number of piperidine rings is 2. The van der Waals surface area contributed by atoms with Crippen LogP contribution in [-0.2, 0) is 40.4 Å². The number of hydrogen-bond acceptors (Lipinski definition) is 8. The van der Waals surface area contributed by atoms with E-state index in [1.165, 1.54) is 29.2 Å². The summed E-state index contributed by atoms with van der Waals surface area (Å²) >= 11 is 0. The molecule has 6 heterocycles. The van der Waals surface area contributed by atoms with E-state index < -0.39 is 48.1 Å². The van der Waals surface area contributed by atoms with Gasteiger partial charge in [0.25, 0.3) is 11.8 Å². The topological polar surface area (TPSA) is 117 Å². The van der Waals surface area contributed by atoms with Gasteiger partial charge in [-0.15, -0.1) is 0 Å². The largest absolute Gasteiger partial charge is 0.508 e. The number of alkyl halides is 2. The Morgan fingerprint density at radius 1 is 0.931 bits per heavy atom. The third-order valence-corrected chi connectivity index (χ3v) is 13.2. The van der Waals surface area contributed by atoms with Crippen LogP contribution in [0.2, 0.25) is 0 Å². The van der Waals surface area contributed by atoms with E-state index in [0.29, 0.717) is 81.0 Å². The molecule has 6 aliphatic heterocycles. The molecule has 15 heteroatoms. The summed E-state index contributed by atoms with van der Waals surface area (Å²) in [5, 5.41) is 12.4. The smallest absolute Gasteiger partial charge is 0.257 e. The molecule has 0 aliphatic carbocycles. The Kier molecular flexibility index (Phi) is 9.34. The lowest BCUT2D eigenvalue weighted by atomic mass is 9.71. The van der Waals surface area contributed by atoms with Crippen LogP contribution in [0.1, 0.15) is 89.3 Å². The Labute approximate surface area is 333 Å². The Hall–Kier alpha value is -5.02. The molecule has 3 aromatic rings. The molecule has 58 heavy (non-hydrogen) atoms. The van der Waals surface area contributed by atoms with E-state index in [1.54, 1.807) is 17.9 Å². The number of imide groups is 1. The predicted molar refractivity (Wildman–Crippen MR) is 204 cm³/mol. The van der Waals surface area contributed by atoms with Crippen molar-refractivity contribution in [3.63, 3.8) is 0 Å². The number of anilines is 1. The highest BCUT2D eigenvalue weighted by Crippen LogP contribution is 2.46. The molecule has 306 valence electrons. The summed E-state index contributed by atoms with van der Waals surface area (Å²) in [6.45, 7) is 5.79. The van der Waals surface area contributed by atoms with Gasteiger partial charge in [0.15, 0.2) is 0 Å². The van der Waals surface area contributed by atoms with Gasteiger partial charge in [0.05, 0.1) is 19.1 Å². The number of halogens is 4. The predicted octanol–water partition coefficient (Wildman–Crippen LogP) is 4.87. The summed E-state index contributed by atoms with van der Waals surface area (Å²) in [4.78, 5) is 59.7. The molecular formula is C43H46F4N6O5. The maximum absolute atomic E-state index is 16.1. The van der Waals surface area contributed by atoms with Crippen LogP contribution in [0, 0.1) is 17.0 Å². The third-order valence-electron chi connectivity index (χ3n) is 13.2. The fourth-order valence-electron chi connectivity index (χ4n) is 10.2. The molecule has 0 bridgehead atoms. The zero-order valence-corrected chi connectivity index (χ0v) is 32.5. The summed E-state index contributed by atoms with van der Waals surface area (Å²) < 4.78 is 61.1. The van der Waals surface area contributed by atoms with Crippen LogP contribution in [0.5, 0.6) is 5.75 Å². The highest BCUT2D eigenvalue weighted by Gasteiger charge is 2.47. The van der Waals surface area contributed by atoms with Crippen LogP contribution in [0.3, 0.4) is 0 Å². The fraction of sp³-hybridized carbons (Fsp3) is 0.488. The van der Waals surface area contributed by atoms with Crippen LogP contribution < -0.4 is 10.2 Å². The third kappa shape index (κ3) is 6.89. The van der Waals surface area contributed by atoms with Crippen LogP contribution >= 0.6 is 0 Å². The number of benzene rings is 3.